The second kappa shape index (κ2) is 8.76. The van der Waals surface area contributed by atoms with Crippen LogP contribution in [0.15, 0.2) is 71.9 Å². The number of nitrogens with zero attached hydrogens (tertiary/aromatic N) is 6. The number of hydrogen-bond acceptors (Lipinski definition) is 7. The zero-order chi connectivity index (χ0) is 24.6. The molecule has 0 radical (unpaired) electrons. The highest BCUT2D eigenvalue weighted by Crippen LogP contribution is 2.27. The number of para-hydroxylation sites is 2. The van der Waals surface area contributed by atoms with Crippen LogP contribution in [0.1, 0.15) is 23.2 Å². The fourth-order valence-electron chi connectivity index (χ4n) is 4.40. The molecule has 0 bridgehead atoms. The van der Waals surface area contributed by atoms with Crippen LogP contribution in [-0.2, 0) is 6.54 Å². The maximum atomic E-state index is 13.1. The molecule has 11 heteroatoms. The Morgan fingerprint density at radius 2 is 1.77 bits per heavy atom. The van der Waals surface area contributed by atoms with Crippen molar-refractivity contribution in [1.82, 2.24) is 24.2 Å². The molecule has 0 atom stereocenters. The Labute approximate surface area is 199 Å². The number of amides is 1. The number of hydrogen-bond donors (Lipinski definition) is 1. The zero-order valence-corrected chi connectivity index (χ0v) is 18.6. The molecule has 0 unspecified atom stereocenters. The first-order valence-corrected chi connectivity index (χ1v) is 11.1. The van der Waals surface area contributed by atoms with E-state index < -0.39 is 16.4 Å². The summed E-state index contributed by atoms with van der Waals surface area (Å²) in [6, 6.07) is 15.2. The smallest absolute Gasteiger partial charge is 0.282 e. The van der Waals surface area contributed by atoms with Crippen LogP contribution in [0.25, 0.3) is 16.7 Å². The van der Waals surface area contributed by atoms with E-state index >= 15 is 0 Å². The monoisotopic (exact) mass is 474 g/mol. The van der Waals surface area contributed by atoms with Gasteiger partial charge in [-0.1, -0.05) is 30.3 Å². The fraction of sp³-hybridized carbons (Fsp3) is 0.250. The van der Waals surface area contributed by atoms with Crippen LogP contribution >= 0.6 is 0 Å². The Balaban J connectivity index is 1.32. The highest BCUT2D eigenvalue weighted by Gasteiger charge is 2.36. The van der Waals surface area contributed by atoms with Crippen LogP contribution in [0.4, 0.5) is 5.69 Å². The minimum Gasteiger partial charge on any atom is -0.388 e. The first-order valence-electron chi connectivity index (χ1n) is 11.1. The first-order chi connectivity index (χ1) is 16.9. The van der Waals surface area contributed by atoms with E-state index in [2.05, 4.69) is 10.1 Å². The quantitative estimate of drug-likeness (QED) is 0.346. The number of fused-ring (bicyclic) bond motifs is 1. The number of carbonyl (C=O) groups is 1. The Morgan fingerprint density at radius 1 is 1.09 bits per heavy atom. The molecule has 178 valence electrons. The minimum atomic E-state index is -1.23. The van der Waals surface area contributed by atoms with E-state index in [1.54, 1.807) is 10.7 Å². The number of piperidine rings is 1. The molecule has 0 saturated carbocycles. The summed E-state index contributed by atoms with van der Waals surface area (Å²) in [5.74, 6) is -0.451. The van der Waals surface area contributed by atoms with Crippen LogP contribution < -0.4 is 5.56 Å². The zero-order valence-electron chi connectivity index (χ0n) is 18.6. The third-order valence-electron chi connectivity index (χ3n) is 6.33. The SMILES string of the molecule is O=C(c1ccccc1[N+](=O)[O-])N1CCC(O)(Cn2cnc3c(cnn3-c3ccccc3)c2=O)CC1. The largest absolute Gasteiger partial charge is 0.388 e. The average molecular weight is 474 g/mol. The molecule has 2 aromatic carbocycles. The number of carbonyl (C=O) groups excluding carboxylic acids is 1. The van der Waals surface area contributed by atoms with Gasteiger partial charge < -0.3 is 10.0 Å². The maximum absolute atomic E-state index is 13.1. The van der Waals surface area contributed by atoms with Crippen molar-refractivity contribution in [2.75, 3.05) is 13.1 Å². The Morgan fingerprint density at radius 3 is 2.49 bits per heavy atom. The lowest BCUT2D eigenvalue weighted by Crippen LogP contribution is -2.49. The molecule has 0 spiro atoms. The summed E-state index contributed by atoms with van der Waals surface area (Å²) >= 11 is 0. The van der Waals surface area contributed by atoms with Crippen molar-refractivity contribution in [2.45, 2.75) is 25.0 Å². The third kappa shape index (κ3) is 4.17. The number of aromatic nitrogens is 4. The molecule has 1 saturated heterocycles. The van der Waals surface area contributed by atoms with Crippen LogP contribution in [0.2, 0.25) is 0 Å². The number of likely N-dealkylation sites (tertiary alicyclic amines) is 1. The lowest BCUT2D eigenvalue weighted by Gasteiger charge is -2.38. The molecule has 1 amide bonds. The molecule has 1 aliphatic rings. The van der Waals surface area contributed by atoms with Gasteiger partial charge in [0.05, 0.1) is 29.0 Å². The van der Waals surface area contributed by atoms with Crippen molar-refractivity contribution in [3.05, 3.63) is 93.2 Å². The molecule has 11 nitrogen and oxygen atoms in total. The summed E-state index contributed by atoms with van der Waals surface area (Å²) in [6.45, 7) is 0.425. The summed E-state index contributed by atoms with van der Waals surface area (Å²) in [7, 11) is 0. The van der Waals surface area contributed by atoms with Gasteiger partial charge in [-0.2, -0.15) is 5.10 Å². The van der Waals surface area contributed by atoms with Gasteiger partial charge in [0.25, 0.3) is 17.2 Å². The van der Waals surface area contributed by atoms with Gasteiger partial charge in [0.2, 0.25) is 0 Å². The molecular weight excluding hydrogens is 452 g/mol. The van der Waals surface area contributed by atoms with E-state index in [9.17, 15) is 24.8 Å². The number of nitro groups is 1. The van der Waals surface area contributed by atoms with Gasteiger partial charge in [0, 0.05) is 19.2 Å². The average Bonchev–Trinajstić information content (AvgIpc) is 3.31. The summed E-state index contributed by atoms with van der Waals surface area (Å²) in [4.78, 5) is 42.5. The molecule has 2 aromatic heterocycles. The number of benzene rings is 2. The van der Waals surface area contributed by atoms with Crippen molar-refractivity contribution in [3.8, 4) is 5.69 Å². The summed E-state index contributed by atoms with van der Waals surface area (Å²) in [5, 5.41) is 27.1. The third-order valence-corrected chi connectivity index (χ3v) is 6.33. The van der Waals surface area contributed by atoms with Gasteiger partial charge in [-0.25, -0.2) is 9.67 Å². The second-order valence-electron chi connectivity index (χ2n) is 8.60. The van der Waals surface area contributed by atoms with E-state index in [-0.39, 0.29) is 49.3 Å². The van der Waals surface area contributed by atoms with E-state index in [1.165, 1.54) is 40.2 Å². The van der Waals surface area contributed by atoms with Crippen molar-refractivity contribution >= 4 is 22.6 Å². The molecule has 3 heterocycles. The van der Waals surface area contributed by atoms with Gasteiger partial charge in [-0.05, 0) is 31.0 Å². The lowest BCUT2D eigenvalue weighted by molar-refractivity contribution is -0.385. The molecule has 4 aromatic rings. The molecule has 1 fully saturated rings. The lowest BCUT2D eigenvalue weighted by atomic mass is 9.90. The topological polar surface area (TPSA) is 136 Å². The highest BCUT2D eigenvalue weighted by molar-refractivity contribution is 5.98. The van der Waals surface area contributed by atoms with Crippen molar-refractivity contribution in [3.63, 3.8) is 0 Å². The molecule has 1 aliphatic heterocycles. The van der Waals surface area contributed by atoms with E-state index in [0.717, 1.165) is 5.69 Å². The number of nitro benzene ring substituents is 1. The van der Waals surface area contributed by atoms with Gasteiger partial charge in [0.1, 0.15) is 17.3 Å². The van der Waals surface area contributed by atoms with E-state index in [0.29, 0.717) is 11.0 Å². The van der Waals surface area contributed by atoms with Crippen molar-refractivity contribution in [1.29, 1.82) is 0 Å². The number of aliphatic hydroxyl groups is 1. The normalized spacial score (nSPS) is 15.3. The standard InChI is InChI=1S/C24H22N6O5/c31-22(18-8-4-5-9-20(18)30(34)35)27-12-10-24(33,11-13-27)15-28-16-25-21-19(23(28)32)14-26-29(21)17-6-2-1-3-7-17/h1-9,14,16,33H,10-13,15H2. The maximum Gasteiger partial charge on any atom is 0.282 e. The Bertz CT molecular complexity index is 1470. The molecule has 1 N–H and O–H groups in total. The van der Waals surface area contributed by atoms with Crippen LogP contribution in [0.3, 0.4) is 0 Å². The van der Waals surface area contributed by atoms with Crippen molar-refractivity contribution in [2.24, 2.45) is 0 Å². The van der Waals surface area contributed by atoms with Gasteiger partial charge in [-0.15, -0.1) is 0 Å². The number of rotatable bonds is 5. The van der Waals surface area contributed by atoms with Gasteiger partial charge in [0.15, 0.2) is 5.65 Å². The van der Waals surface area contributed by atoms with Gasteiger partial charge >= 0.3 is 0 Å². The fourth-order valence-corrected chi connectivity index (χ4v) is 4.40. The van der Waals surface area contributed by atoms with Crippen LogP contribution in [0.5, 0.6) is 0 Å². The summed E-state index contributed by atoms with van der Waals surface area (Å²) < 4.78 is 2.95. The van der Waals surface area contributed by atoms with E-state index in [1.807, 2.05) is 30.3 Å². The summed E-state index contributed by atoms with van der Waals surface area (Å²) in [5.41, 5.74) is -0.571. The van der Waals surface area contributed by atoms with Crippen LogP contribution in [-0.4, -0.2) is 58.9 Å². The molecule has 5 rings (SSSR count). The van der Waals surface area contributed by atoms with E-state index in [4.69, 9.17) is 0 Å². The molecule has 0 aliphatic carbocycles. The highest BCUT2D eigenvalue weighted by atomic mass is 16.6. The Hall–Kier alpha value is -4.38. The second-order valence-corrected chi connectivity index (χ2v) is 8.60. The van der Waals surface area contributed by atoms with Gasteiger partial charge in [-0.3, -0.25) is 24.3 Å². The molecular formula is C24H22N6O5. The predicted octanol–water partition coefficient (Wildman–Crippen LogP) is 2.16. The van der Waals surface area contributed by atoms with Crippen molar-refractivity contribution < 1.29 is 14.8 Å². The summed E-state index contributed by atoms with van der Waals surface area (Å²) in [6.07, 6.45) is 3.29. The first kappa shape index (κ1) is 22.4. The predicted molar refractivity (Wildman–Crippen MR) is 126 cm³/mol. The van der Waals surface area contributed by atoms with Crippen LogP contribution in [0, 0.1) is 10.1 Å². The minimum absolute atomic E-state index is 0.0127. The molecule has 35 heavy (non-hydrogen) atoms. The Kier molecular flexibility index (Phi) is 5.61.